The number of morpholine rings is 1. The van der Waals surface area contributed by atoms with Crippen LogP contribution in [0.3, 0.4) is 0 Å². The van der Waals surface area contributed by atoms with Gasteiger partial charge in [0.2, 0.25) is 11.6 Å². The number of aliphatic hydroxyl groups excluding tert-OH is 1. The van der Waals surface area contributed by atoms with Crippen LogP contribution in [-0.4, -0.2) is 54.4 Å². The molecule has 1 saturated heterocycles. The van der Waals surface area contributed by atoms with Crippen LogP contribution in [0.1, 0.15) is 35.2 Å². The molecule has 0 bridgehead atoms. The molecule has 6 heteroatoms. The second-order valence-corrected chi connectivity index (χ2v) is 5.94. The number of rotatable bonds is 5. The van der Waals surface area contributed by atoms with Crippen LogP contribution >= 0.6 is 12.4 Å². The standard InChI is InChI=1S/C18H21NO4.ClH/c20-16-13-5-1-2-6-14(13)17(21)18(22)15(16)7-3-4-8-19-9-11-23-12-10-19;/h1-2,5-6,20H,3-4,7-12H2;1H. The molecule has 3 rings (SSSR count). The molecule has 2 aliphatic rings. The average molecular weight is 352 g/mol. The SMILES string of the molecule is Cl.O=C1C(=O)c2ccccc2C(O)=C1CCCCN1CCOCC1. The first-order chi connectivity index (χ1) is 11.2. The van der Waals surface area contributed by atoms with Crippen molar-refractivity contribution in [3.8, 4) is 0 Å². The van der Waals surface area contributed by atoms with Crippen molar-refractivity contribution >= 4 is 29.7 Å². The number of allylic oxidation sites excluding steroid dienone is 1. The summed E-state index contributed by atoms with van der Waals surface area (Å²) < 4.78 is 5.31. The van der Waals surface area contributed by atoms with Gasteiger partial charge in [0.15, 0.2) is 0 Å². The zero-order valence-corrected chi connectivity index (χ0v) is 14.3. The molecule has 0 atom stereocenters. The van der Waals surface area contributed by atoms with Crippen LogP contribution in [0.15, 0.2) is 29.8 Å². The van der Waals surface area contributed by atoms with Gasteiger partial charge < -0.3 is 9.84 Å². The zero-order chi connectivity index (χ0) is 16.2. The van der Waals surface area contributed by atoms with E-state index in [2.05, 4.69) is 4.90 Å². The van der Waals surface area contributed by atoms with Gasteiger partial charge in [-0.2, -0.15) is 0 Å². The Balaban J connectivity index is 0.00000208. The monoisotopic (exact) mass is 351 g/mol. The van der Waals surface area contributed by atoms with E-state index >= 15 is 0 Å². The normalized spacial score (nSPS) is 18.3. The fourth-order valence-corrected chi connectivity index (χ4v) is 3.11. The maximum atomic E-state index is 12.2. The lowest BCUT2D eigenvalue weighted by Crippen LogP contribution is -2.36. The van der Waals surface area contributed by atoms with Gasteiger partial charge in [-0.3, -0.25) is 14.5 Å². The Morgan fingerprint density at radius 1 is 1.00 bits per heavy atom. The quantitative estimate of drug-likeness (QED) is 0.652. The van der Waals surface area contributed by atoms with E-state index in [1.807, 2.05) is 0 Å². The molecule has 0 aromatic heterocycles. The van der Waals surface area contributed by atoms with Crippen molar-refractivity contribution < 1.29 is 19.4 Å². The van der Waals surface area contributed by atoms with Crippen LogP contribution in [-0.2, 0) is 9.53 Å². The van der Waals surface area contributed by atoms with E-state index in [-0.39, 0.29) is 23.7 Å². The summed E-state index contributed by atoms with van der Waals surface area (Å²) in [5, 5.41) is 10.3. The Morgan fingerprint density at radius 2 is 1.67 bits per heavy atom. The van der Waals surface area contributed by atoms with E-state index in [1.54, 1.807) is 24.3 Å². The number of carbonyl (C=O) groups is 2. The number of unbranched alkanes of at least 4 members (excludes halogenated alkanes) is 1. The lowest BCUT2D eigenvalue weighted by molar-refractivity contribution is -0.112. The van der Waals surface area contributed by atoms with Crippen LogP contribution in [0.25, 0.3) is 5.76 Å². The minimum Gasteiger partial charge on any atom is -0.507 e. The number of nitrogens with zero attached hydrogens (tertiary/aromatic N) is 1. The van der Waals surface area contributed by atoms with Crippen molar-refractivity contribution in [2.45, 2.75) is 19.3 Å². The van der Waals surface area contributed by atoms with Crippen molar-refractivity contribution in [3.05, 3.63) is 41.0 Å². The second kappa shape index (κ2) is 8.42. The highest BCUT2D eigenvalue weighted by Crippen LogP contribution is 2.30. The molecular weight excluding hydrogens is 330 g/mol. The maximum Gasteiger partial charge on any atom is 0.234 e. The summed E-state index contributed by atoms with van der Waals surface area (Å²) in [5.74, 6) is -1.11. The summed E-state index contributed by atoms with van der Waals surface area (Å²) in [6.45, 7) is 4.39. The van der Waals surface area contributed by atoms with Gasteiger partial charge in [0.1, 0.15) is 5.76 Å². The lowest BCUT2D eigenvalue weighted by Gasteiger charge is -2.26. The van der Waals surface area contributed by atoms with Crippen molar-refractivity contribution in [3.63, 3.8) is 0 Å². The largest absolute Gasteiger partial charge is 0.507 e. The molecular formula is C18H22ClNO4. The van der Waals surface area contributed by atoms with Gasteiger partial charge in [0.05, 0.1) is 13.2 Å². The van der Waals surface area contributed by atoms with Gasteiger partial charge in [-0.05, 0) is 25.8 Å². The first-order valence-corrected chi connectivity index (χ1v) is 8.09. The Labute approximate surface area is 147 Å². The molecule has 0 saturated carbocycles. The Morgan fingerprint density at radius 3 is 2.38 bits per heavy atom. The highest BCUT2D eigenvalue weighted by molar-refractivity contribution is 6.52. The van der Waals surface area contributed by atoms with E-state index in [0.717, 1.165) is 45.7 Å². The molecule has 24 heavy (non-hydrogen) atoms. The average Bonchev–Trinajstić information content (AvgIpc) is 2.60. The summed E-state index contributed by atoms with van der Waals surface area (Å²) in [6.07, 6.45) is 2.15. The third-order valence-corrected chi connectivity index (χ3v) is 4.45. The summed E-state index contributed by atoms with van der Waals surface area (Å²) in [6, 6.07) is 6.72. The predicted molar refractivity (Wildman–Crippen MR) is 93.7 cm³/mol. The third kappa shape index (κ3) is 3.86. The van der Waals surface area contributed by atoms with E-state index in [9.17, 15) is 14.7 Å². The number of fused-ring (bicyclic) bond motifs is 1. The number of hydrogen-bond donors (Lipinski definition) is 1. The van der Waals surface area contributed by atoms with Crippen molar-refractivity contribution in [2.24, 2.45) is 0 Å². The second-order valence-electron chi connectivity index (χ2n) is 5.94. The number of benzene rings is 1. The number of aliphatic hydroxyl groups is 1. The number of ether oxygens (including phenoxy) is 1. The molecule has 1 N–H and O–H groups in total. The molecule has 0 radical (unpaired) electrons. The minimum atomic E-state index is -0.562. The number of hydrogen-bond acceptors (Lipinski definition) is 5. The molecule has 1 heterocycles. The molecule has 0 unspecified atom stereocenters. The highest BCUT2D eigenvalue weighted by atomic mass is 35.5. The smallest absolute Gasteiger partial charge is 0.234 e. The zero-order valence-electron chi connectivity index (χ0n) is 13.5. The van der Waals surface area contributed by atoms with Gasteiger partial charge in [0, 0.05) is 29.8 Å². The molecule has 0 amide bonds. The lowest BCUT2D eigenvalue weighted by atomic mass is 9.86. The molecule has 0 spiro atoms. The van der Waals surface area contributed by atoms with Crippen molar-refractivity contribution in [1.29, 1.82) is 0 Å². The van der Waals surface area contributed by atoms with E-state index < -0.39 is 11.6 Å². The Hall–Kier alpha value is -1.69. The fraction of sp³-hybridized carbons (Fsp3) is 0.444. The number of ketones is 2. The molecule has 5 nitrogen and oxygen atoms in total. The highest BCUT2D eigenvalue weighted by Gasteiger charge is 2.31. The predicted octanol–water partition coefficient (Wildman–Crippen LogP) is 2.65. The summed E-state index contributed by atoms with van der Waals surface area (Å²) in [4.78, 5) is 26.7. The number of halogens is 1. The van der Waals surface area contributed by atoms with Crippen LogP contribution in [0, 0.1) is 0 Å². The first kappa shape index (κ1) is 18.6. The minimum absolute atomic E-state index is 0. The Bertz CT molecular complexity index is 650. The molecule has 1 aromatic carbocycles. The summed E-state index contributed by atoms with van der Waals surface area (Å²) >= 11 is 0. The van der Waals surface area contributed by atoms with Crippen LogP contribution < -0.4 is 0 Å². The van der Waals surface area contributed by atoms with Crippen LogP contribution in [0.2, 0.25) is 0 Å². The summed E-state index contributed by atoms with van der Waals surface area (Å²) in [7, 11) is 0. The van der Waals surface area contributed by atoms with E-state index in [0.29, 0.717) is 17.5 Å². The van der Waals surface area contributed by atoms with Crippen LogP contribution in [0.5, 0.6) is 0 Å². The number of Topliss-reactive ketones (excluding diaryl/α,β-unsaturated/α-hetero) is 2. The van der Waals surface area contributed by atoms with Gasteiger partial charge in [-0.1, -0.05) is 24.3 Å². The topological polar surface area (TPSA) is 66.8 Å². The van der Waals surface area contributed by atoms with Crippen LogP contribution in [0.4, 0.5) is 0 Å². The van der Waals surface area contributed by atoms with Gasteiger partial charge in [-0.25, -0.2) is 0 Å². The molecule has 1 fully saturated rings. The first-order valence-electron chi connectivity index (χ1n) is 8.09. The third-order valence-electron chi connectivity index (χ3n) is 4.45. The molecule has 1 aliphatic heterocycles. The van der Waals surface area contributed by atoms with E-state index in [1.165, 1.54) is 0 Å². The van der Waals surface area contributed by atoms with Gasteiger partial charge >= 0.3 is 0 Å². The van der Waals surface area contributed by atoms with Crippen molar-refractivity contribution in [2.75, 3.05) is 32.8 Å². The Kier molecular flexibility index (Phi) is 6.54. The number of carbonyl (C=O) groups excluding carboxylic acids is 2. The van der Waals surface area contributed by atoms with E-state index in [4.69, 9.17) is 4.74 Å². The fourth-order valence-electron chi connectivity index (χ4n) is 3.11. The van der Waals surface area contributed by atoms with Gasteiger partial charge in [0.25, 0.3) is 0 Å². The summed E-state index contributed by atoms with van der Waals surface area (Å²) in [5.41, 5.74) is 1.03. The molecule has 130 valence electrons. The maximum absolute atomic E-state index is 12.2. The molecule has 1 aromatic rings. The van der Waals surface area contributed by atoms with Crippen molar-refractivity contribution in [1.82, 2.24) is 4.90 Å². The molecule has 1 aliphatic carbocycles. The van der Waals surface area contributed by atoms with Gasteiger partial charge in [-0.15, -0.1) is 12.4 Å².